The lowest BCUT2D eigenvalue weighted by atomic mass is 10.1. The van der Waals surface area contributed by atoms with E-state index >= 15 is 0 Å². The summed E-state index contributed by atoms with van der Waals surface area (Å²) >= 11 is 0. The summed E-state index contributed by atoms with van der Waals surface area (Å²) in [4.78, 5) is 37.6. The molecule has 0 fully saturated rings. The van der Waals surface area contributed by atoms with E-state index in [0.29, 0.717) is 19.3 Å². The second-order valence-corrected chi connectivity index (χ2v) is 15.3. The van der Waals surface area contributed by atoms with Crippen LogP contribution in [-0.2, 0) is 28.6 Å². The van der Waals surface area contributed by atoms with Crippen molar-refractivity contribution in [3.63, 3.8) is 0 Å². The number of carbonyl (C=O) groups is 3. The SMILES string of the molecule is CC/C=C\C/C=C\C/C=C\C/C=C\C/C=C\CCCCCCCC(=O)OCC(COC(=O)CCCCCCCCCC)OC(=O)CCCCCCC/C=C\CCC. The first kappa shape index (κ1) is 53.9. The van der Waals surface area contributed by atoms with E-state index in [4.69, 9.17) is 14.2 Å². The van der Waals surface area contributed by atoms with E-state index < -0.39 is 6.10 Å². The number of unbranched alkanes of at least 4 members (excludes halogenated alkanes) is 18. The van der Waals surface area contributed by atoms with E-state index in [1.807, 2.05) is 0 Å². The predicted molar refractivity (Wildman–Crippen MR) is 242 cm³/mol. The fraction of sp³-hybridized carbons (Fsp3) is 0.706. The van der Waals surface area contributed by atoms with Crippen LogP contribution in [0.5, 0.6) is 0 Å². The Labute approximate surface area is 351 Å². The van der Waals surface area contributed by atoms with Gasteiger partial charge in [0.2, 0.25) is 0 Å². The van der Waals surface area contributed by atoms with Crippen LogP contribution in [0.2, 0.25) is 0 Å². The summed E-state index contributed by atoms with van der Waals surface area (Å²) < 4.78 is 16.6. The van der Waals surface area contributed by atoms with Crippen LogP contribution in [0.1, 0.15) is 213 Å². The third-order valence-electron chi connectivity index (χ3n) is 9.68. The van der Waals surface area contributed by atoms with Gasteiger partial charge >= 0.3 is 17.9 Å². The molecule has 0 saturated heterocycles. The van der Waals surface area contributed by atoms with Crippen molar-refractivity contribution >= 4 is 17.9 Å². The Hall–Kier alpha value is -3.15. The molecule has 0 aliphatic heterocycles. The molecule has 0 N–H and O–H groups in total. The summed E-state index contributed by atoms with van der Waals surface area (Å²) in [6.07, 6.45) is 56.1. The monoisotopic (exact) mass is 795 g/mol. The molecule has 0 aromatic carbocycles. The Morgan fingerprint density at radius 2 is 0.719 bits per heavy atom. The minimum Gasteiger partial charge on any atom is -0.462 e. The number of esters is 3. The highest BCUT2D eigenvalue weighted by Crippen LogP contribution is 2.13. The quantitative estimate of drug-likeness (QED) is 0.0265. The Balaban J connectivity index is 4.30. The van der Waals surface area contributed by atoms with E-state index in [9.17, 15) is 14.4 Å². The third kappa shape index (κ3) is 43.8. The lowest BCUT2D eigenvalue weighted by molar-refractivity contribution is -0.167. The fourth-order valence-electron chi connectivity index (χ4n) is 6.17. The molecule has 1 unspecified atom stereocenters. The second kappa shape index (κ2) is 45.6. The molecule has 0 radical (unpaired) electrons. The van der Waals surface area contributed by atoms with Crippen LogP contribution in [0.25, 0.3) is 0 Å². The Morgan fingerprint density at radius 3 is 1.16 bits per heavy atom. The van der Waals surface area contributed by atoms with E-state index in [1.54, 1.807) is 0 Å². The molecule has 0 aliphatic rings. The highest BCUT2D eigenvalue weighted by atomic mass is 16.6. The average molecular weight is 795 g/mol. The van der Waals surface area contributed by atoms with Crippen molar-refractivity contribution in [1.29, 1.82) is 0 Å². The van der Waals surface area contributed by atoms with Gasteiger partial charge in [-0.1, -0.05) is 184 Å². The van der Waals surface area contributed by atoms with E-state index in [0.717, 1.165) is 128 Å². The molecule has 0 aromatic rings. The van der Waals surface area contributed by atoms with Crippen LogP contribution in [0.4, 0.5) is 0 Å². The topological polar surface area (TPSA) is 78.9 Å². The van der Waals surface area contributed by atoms with E-state index in [1.165, 1.54) is 44.9 Å². The lowest BCUT2D eigenvalue weighted by Crippen LogP contribution is -2.30. The lowest BCUT2D eigenvalue weighted by Gasteiger charge is -2.18. The number of hydrogen-bond acceptors (Lipinski definition) is 6. The van der Waals surface area contributed by atoms with Gasteiger partial charge in [0, 0.05) is 19.3 Å². The van der Waals surface area contributed by atoms with Crippen molar-refractivity contribution in [3.8, 4) is 0 Å². The molecule has 0 aromatic heterocycles. The van der Waals surface area contributed by atoms with Gasteiger partial charge in [-0.05, 0) is 83.5 Å². The maximum absolute atomic E-state index is 12.7. The highest BCUT2D eigenvalue weighted by Gasteiger charge is 2.19. The molecule has 0 saturated carbocycles. The zero-order valence-electron chi connectivity index (χ0n) is 37.1. The summed E-state index contributed by atoms with van der Waals surface area (Å²) in [7, 11) is 0. The average Bonchev–Trinajstić information content (AvgIpc) is 3.21. The van der Waals surface area contributed by atoms with Crippen LogP contribution in [0.3, 0.4) is 0 Å². The van der Waals surface area contributed by atoms with Gasteiger partial charge in [-0.25, -0.2) is 0 Å². The van der Waals surface area contributed by atoms with Crippen LogP contribution in [0, 0.1) is 0 Å². The van der Waals surface area contributed by atoms with Crippen molar-refractivity contribution in [2.24, 2.45) is 0 Å². The summed E-state index contributed by atoms with van der Waals surface area (Å²) in [5, 5.41) is 0. The van der Waals surface area contributed by atoms with Crippen molar-refractivity contribution in [2.75, 3.05) is 13.2 Å². The van der Waals surface area contributed by atoms with E-state index in [2.05, 4.69) is 93.7 Å². The summed E-state index contributed by atoms with van der Waals surface area (Å²) in [5.41, 5.74) is 0. The molecular weight excluding hydrogens is 709 g/mol. The number of carbonyl (C=O) groups excluding carboxylic acids is 3. The Morgan fingerprint density at radius 1 is 0.368 bits per heavy atom. The summed E-state index contributed by atoms with van der Waals surface area (Å²) in [5.74, 6) is -0.925. The van der Waals surface area contributed by atoms with Gasteiger partial charge in [0.15, 0.2) is 6.10 Å². The molecule has 0 bridgehead atoms. The summed E-state index contributed by atoms with van der Waals surface area (Å²) in [6.45, 7) is 6.39. The van der Waals surface area contributed by atoms with Gasteiger partial charge in [-0.15, -0.1) is 0 Å². The van der Waals surface area contributed by atoms with Gasteiger partial charge in [0.25, 0.3) is 0 Å². The second-order valence-electron chi connectivity index (χ2n) is 15.3. The fourth-order valence-corrected chi connectivity index (χ4v) is 6.17. The summed E-state index contributed by atoms with van der Waals surface area (Å²) in [6, 6.07) is 0. The first-order valence-electron chi connectivity index (χ1n) is 23.4. The Kier molecular flexibility index (Phi) is 43.0. The molecule has 0 spiro atoms. The zero-order chi connectivity index (χ0) is 41.5. The smallest absolute Gasteiger partial charge is 0.306 e. The van der Waals surface area contributed by atoms with Gasteiger partial charge in [0.1, 0.15) is 13.2 Å². The van der Waals surface area contributed by atoms with Crippen LogP contribution >= 0.6 is 0 Å². The maximum Gasteiger partial charge on any atom is 0.306 e. The first-order chi connectivity index (χ1) is 28.0. The van der Waals surface area contributed by atoms with Crippen molar-refractivity contribution in [3.05, 3.63) is 72.9 Å². The molecule has 0 rings (SSSR count). The van der Waals surface area contributed by atoms with Crippen molar-refractivity contribution in [2.45, 2.75) is 219 Å². The standard InChI is InChI=1S/C51H86O6/c1-4-7-10-13-16-19-21-22-23-24-25-26-27-28-29-30-31-33-35-38-41-44-50(53)56-47-48(46-55-49(52)43-40-37-34-18-15-12-9-6-3)57-51(54)45-42-39-36-32-20-17-14-11-8-5-2/h7,10-11,14,16,19,22-23,25-26,28-29,48H,4-6,8-9,12-13,15,17-18,20-21,24,27,30-47H2,1-3H3/b10-7-,14-11-,19-16-,23-22-,26-25-,29-28-. The minimum atomic E-state index is -0.783. The number of rotatable bonds is 41. The molecule has 6 heteroatoms. The Bertz CT molecular complexity index is 1100. The van der Waals surface area contributed by atoms with Gasteiger partial charge in [-0.3, -0.25) is 14.4 Å². The number of allylic oxidation sites excluding steroid dienone is 12. The molecule has 0 aliphatic carbocycles. The highest BCUT2D eigenvalue weighted by molar-refractivity contribution is 5.71. The van der Waals surface area contributed by atoms with Crippen molar-refractivity contribution < 1.29 is 28.6 Å². The van der Waals surface area contributed by atoms with Gasteiger partial charge < -0.3 is 14.2 Å². The van der Waals surface area contributed by atoms with Crippen LogP contribution in [-0.4, -0.2) is 37.2 Å². The number of hydrogen-bond donors (Lipinski definition) is 0. The van der Waals surface area contributed by atoms with E-state index in [-0.39, 0.29) is 31.1 Å². The van der Waals surface area contributed by atoms with Gasteiger partial charge in [0.05, 0.1) is 0 Å². The molecule has 0 heterocycles. The third-order valence-corrected chi connectivity index (χ3v) is 9.68. The minimum absolute atomic E-state index is 0.0850. The predicted octanol–water partition coefficient (Wildman–Crippen LogP) is 15.1. The van der Waals surface area contributed by atoms with Gasteiger partial charge in [-0.2, -0.15) is 0 Å². The molecule has 6 nitrogen and oxygen atoms in total. The normalized spacial score (nSPS) is 12.7. The van der Waals surface area contributed by atoms with Crippen LogP contribution in [0.15, 0.2) is 72.9 Å². The first-order valence-corrected chi connectivity index (χ1v) is 23.4. The molecule has 1 atom stereocenters. The zero-order valence-corrected chi connectivity index (χ0v) is 37.1. The maximum atomic E-state index is 12.7. The molecule has 57 heavy (non-hydrogen) atoms. The van der Waals surface area contributed by atoms with Crippen LogP contribution < -0.4 is 0 Å². The molecule has 0 amide bonds. The van der Waals surface area contributed by atoms with Crippen molar-refractivity contribution in [1.82, 2.24) is 0 Å². The molecule has 326 valence electrons. The largest absolute Gasteiger partial charge is 0.462 e. The number of ether oxygens (including phenoxy) is 3. The molecular formula is C51H86O6.